The molecule has 0 bridgehead atoms. The van der Waals surface area contributed by atoms with Crippen LogP contribution in [0.25, 0.3) is 0 Å². The van der Waals surface area contributed by atoms with E-state index in [1.807, 2.05) is 19.1 Å². The summed E-state index contributed by atoms with van der Waals surface area (Å²) in [6, 6.07) is 6.68. The number of rotatable bonds is 4. The summed E-state index contributed by atoms with van der Waals surface area (Å²) in [5, 5.41) is 6.08. The van der Waals surface area contributed by atoms with Crippen LogP contribution >= 0.6 is 0 Å². The molecular formula is C16H22N2O3. The lowest BCUT2D eigenvalue weighted by Gasteiger charge is -2.29. The minimum Gasteiger partial charge on any atom is -0.467 e. The van der Waals surface area contributed by atoms with Crippen LogP contribution in [0.2, 0.25) is 0 Å². The molecule has 5 heteroatoms. The third-order valence-corrected chi connectivity index (χ3v) is 3.86. The maximum Gasteiger partial charge on any atom is 0.328 e. The van der Waals surface area contributed by atoms with Gasteiger partial charge in [-0.2, -0.15) is 0 Å². The van der Waals surface area contributed by atoms with Gasteiger partial charge < -0.3 is 15.4 Å². The number of carbonyl (C=O) groups excluding carboxylic acids is 2. The molecule has 114 valence electrons. The first-order chi connectivity index (χ1) is 10.1. The number of esters is 1. The molecule has 5 nitrogen and oxygen atoms in total. The Balaban J connectivity index is 2.08. The molecule has 1 heterocycles. The van der Waals surface area contributed by atoms with E-state index in [1.165, 1.54) is 7.11 Å². The zero-order valence-electron chi connectivity index (χ0n) is 12.5. The van der Waals surface area contributed by atoms with E-state index in [9.17, 15) is 9.59 Å². The Kier molecular flexibility index (Phi) is 5.33. The number of ether oxygens (including phenoxy) is 1. The highest BCUT2D eigenvalue weighted by molar-refractivity contribution is 5.96. The second kappa shape index (κ2) is 7.22. The summed E-state index contributed by atoms with van der Waals surface area (Å²) in [5.74, 6) is -0.555. The zero-order valence-corrected chi connectivity index (χ0v) is 12.5. The van der Waals surface area contributed by atoms with E-state index in [0.717, 1.165) is 24.9 Å². The smallest absolute Gasteiger partial charge is 0.328 e. The number of aryl methyl sites for hydroxylation is 1. The van der Waals surface area contributed by atoms with E-state index in [-0.39, 0.29) is 17.8 Å². The lowest BCUT2D eigenvalue weighted by atomic mass is 9.91. The highest BCUT2D eigenvalue weighted by Gasteiger charge is 2.31. The van der Waals surface area contributed by atoms with Crippen molar-refractivity contribution in [3.63, 3.8) is 0 Å². The van der Waals surface area contributed by atoms with Crippen molar-refractivity contribution in [2.75, 3.05) is 20.2 Å². The topological polar surface area (TPSA) is 67.4 Å². The Hall–Kier alpha value is -1.88. The summed E-state index contributed by atoms with van der Waals surface area (Å²) >= 11 is 0. The van der Waals surface area contributed by atoms with Gasteiger partial charge in [-0.1, -0.05) is 17.7 Å². The van der Waals surface area contributed by atoms with Gasteiger partial charge in [0.05, 0.1) is 7.11 Å². The average molecular weight is 290 g/mol. The first-order valence-electron chi connectivity index (χ1n) is 7.28. The minimum absolute atomic E-state index is 0.0700. The number of hydrogen-bond donors (Lipinski definition) is 2. The van der Waals surface area contributed by atoms with Crippen molar-refractivity contribution in [2.45, 2.75) is 25.8 Å². The number of carbonyl (C=O) groups is 2. The van der Waals surface area contributed by atoms with E-state index >= 15 is 0 Å². The molecule has 1 saturated heterocycles. The Bertz CT molecular complexity index is 493. The number of amides is 1. The molecule has 1 aromatic carbocycles. The van der Waals surface area contributed by atoms with Crippen molar-refractivity contribution < 1.29 is 14.3 Å². The maximum atomic E-state index is 12.3. The van der Waals surface area contributed by atoms with Crippen molar-refractivity contribution in [3.05, 3.63) is 35.4 Å². The van der Waals surface area contributed by atoms with Gasteiger partial charge in [0, 0.05) is 18.0 Å². The van der Waals surface area contributed by atoms with Crippen LogP contribution in [0.3, 0.4) is 0 Å². The van der Waals surface area contributed by atoms with Gasteiger partial charge in [-0.3, -0.25) is 4.79 Å². The van der Waals surface area contributed by atoms with Crippen molar-refractivity contribution in [1.29, 1.82) is 0 Å². The molecule has 0 saturated carbocycles. The standard InChI is InChI=1S/C16H22N2O3/c1-11-5-7-12(8-6-11)15(19)18-14(16(20)21-2)13-4-3-9-17-10-13/h5-8,13-14,17H,3-4,9-10H2,1-2H3,(H,18,19). The lowest BCUT2D eigenvalue weighted by Crippen LogP contribution is -2.51. The van der Waals surface area contributed by atoms with Crippen LogP contribution in [0, 0.1) is 12.8 Å². The molecule has 1 fully saturated rings. The van der Waals surface area contributed by atoms with Gasteiger partial charge >= 0.3 is 5.97 Å². The Morgan fingerprint density at radius 2 is 2.05 bits per heavy atom. The predicted molar refractivity (Wildman–Crippen MR) is 80.0 cm³/mol. The van der Waals surface area contributed by atoms with Gasteiger partial charge in [0.25, 0.3) is 5.91 Å². The Labute approximate surface area is 125 Å². The van der Waals surface area contributed by atoms with Gasteiger partial charge in [0.2, 0.25) is 0 Å². The summed E-state index contributed by atoms with van der Waals surface area (Å²) in [7, 11) is 1.35. The molecule has 2 unspecified atom stereocenters. The number of piperidine rings is 1. The number of hydrogen-bond acceptors (Lipinski definition) is 4. The van der Waals surface area contributed by atoms with E-state index in [4.69, 9.17) is 4.74 Å². The molecule has 0 aliphatic carbocycles. The molecule has 0 spiro atoms. The van der Waals surface area contributed by atoms with Crippen molar-refractivity contribution >= 4 is 11.9 Å². The van der Waals surface area contributed by atoms with Crippen LogP contribution in [0.5, 0.6) is 0 Å². The minimum atomic E-state index is -0.600. The molecular weight excluding hydrogens is 268 g/mol. The molecule has 1 aliphatic rings. The fraction of sp³-hybridized carbons (Fsp3) is 0.500. The monoisotopic (exact) mass is 290 g/mol. The fourth-order valence-corrected chi connectivity index (χ4v) is 2.59. The first kappa shape index (κ1) is 15.5. The van der Waals surface area contributed by atoms with Crippen LogP contribution in [0.4, 0.5) is 0 Å². The number of benzene rings is 1. The van der Waals surface area contributed by atoms with Gasteiger partial charge in [0.15, 0.2) is 0 Å². The van der Waals surface area contributed by atoms with Crippen LogP contribution in [0.15, 0.2) is 24.3 Å². The van der Waals surface area contributed by atoms with Gasteiger partial charge in [0.1, 0.15) is 6.04 Å². The molecule has 0 aromatic heterocycles. The molecule has 2 N–H and O–H groups in total. The van der Waals surface area contributed by atoms with Crippen LogP contribution < -0.4 is 10.6 Å². The average Bonchev–Trinajstić information content (AvgIpc) is 2.53. The molecule has 1 aliphatic heterocycles. The molecule has 2 rings (SSSR count). The quantitative estimate of drug-likeness (QED) is 0.819. The normalized spacial score (nSPS) is 19.6. The van der Waals surface area contributed by atoms with Gasteiger partial charge in [-0.05, 0) is 38.4 Å². The van der Waals surface area contributed by atoms with Gasteiger partial charge in [-0.15, -0.1) is 0 Å². The van der Waals surface area contributed by atoms with E-state index in [2.05, 4.69) is 10.6 Å². The van der Waals surface area contributed by atoms with Crippen molar-refractivity contribution in [1.82, 2.24) is 10.6 Å². The number of methoxy groups -OCH3 is 1. The highest BCUT2D eigenvalue weighted by atomic mass is 16.5. The molecule has 0 radical (unpaired) electrons. The first-order valence-corrected chi connectivity index (χ1v) is 7.28. The second-order valence-electron chi connectivity index (χ2n) is 5.45. The third kappa shape index (κ3) is 4.04. The zero-order chi connectivity index (χ0) is 15.2. The van der Waals surface area contributed by atoms with Crippen molar-refractivity contribution in [2.24, 2.45) is 5.92 Å². The molecule has 21 heavy (non-hydrogen) atoms. The number of nitrogens with one attached hydrogen (secondary N) is 2. The Morgan fingerprint density at radius 3 is 2.62 bits per heavy atom. The van der Waals surface area contributed by atoms with Crippen LogP contribution in [-0.2, 0) is 9.53 Å². The SMILES string of the molecule is COC(=O)C(NC(=O)c1ccc(C)cc1)C1CCCNC1. The van der Waals surface area contributed by atoms with Crippen molar-refractivity contribution in [3.8, 4) is 0 Å². The molecule has 2 atom stereocenters. The van der Waals surface area contributed by atoms with Crippen LogP contribution in [0.1, 0.15) is 28.8 Å². The molecule has 1 amide bonds. The summed E-state index contributed by atoms with van der Waals surface area (Å²) < 4.78 is 4.84. The lowest BCUT2D eigenvalue weighted by molar-refractivity contribution is -0.144. The van der Waals surface area contributed by atoms with Crippen LogP contribution in [-0.4, -0.2) is 38.1 Å². The van der Waals surface area contributed by atoms with E-state index < -0.39 is 6.04 Å². The molecule has 1 aromatic rings. The summed E-state index contributed by atoms with van der Waals surface area (Å²) in [6.45, 7) is 3.64. The fourth-order valence-electron chi connectivity index (χ4n) is 2.59. The van der Waals surface area contributed by atoms with E-state index in [1.54, 1.807) is 12.1 Å². The summed E-state index contributed by atoms with van der Waals surface area (Å²) in [6.07, 6.45) is 1.90. The summed E-state index contributed by atoms with van der Waals surface area (Å²) in [5.41, 5.74) is 1.64. The third-order valence-electron chi connectivity index (χ3n) is 3.86. The second-order valence-corrected chi connectivity index (χ2v) is 5.45. The largest absolute Gasteiger partial charge is 0.467 e. The highest BCUT2D eigenvalue weighted by Crippen LogP contribution is 2.16. The van der Waals surface area contributed by atoms with Gasteiger partial charge in [-0.25, -0.2) is 4.79 Å². The predicted octanol–water partition coefficient (Wildman–Crippen LogP) is 1.27. The van der Waals surface area contributed by atoms with E-state index in [0.29, 0.717) is 12.1 Å². The Morgan fingerprint density at radius 1 is 1.33 bits per heavy atom. The maximum absolute atomic E-state index is 12.3. The summed E-state index contributed by atoms with van der Waals surface area (Å²) in [4.78, 5) is 24.3.